The van der Waals surface area contributed by atoms with Crippen LogP contribution in [-0.4, -0.2) is 18.9 Å². The molecule has 0 fully saturated rings. The van der Waals surface area contributed by atoms with E-state index in [2.05, 4.69) is 5.32 Å². The van der Waals surface area contributed by atoms with Gasteiger partial charge < -0.3 is 10.1 Å². The van der Waals surface area contributed by atoms with Gasteiger partial charge >= 0.3 is 0 Å². The molecule has 150 valence electrons. The lowest BCUT2D eigenvalue weighted by Crippen LogP contribution is -2.32. The van der Waals surface area contributed by atoms with E-state index in [1.165, 1.54) is 24.3 Å². The fourth-order valence-electron chi connectivity index (χ4n) is 3.28. The molecule has 0 radical (unpaired) electrons. The Morgan fingerprint density at radius 2 is 1.47 bits per heavy atom. The molecule has 0 spiro atoms. The third kappa shape index (κ3) is 3.55. The minimum atomic E-state index is -0.502. The molecule has 0 saturated heterocycles. The van der Waals surface area contributed by atoms with Gasteiger partial charge in [-0.15, -0.1) is 0 Å². The number of halogens is 1. The standard InChI is InChI=1S/C24H19FN2O3/c1-15-3-9-18(10-4-15)26-22-21(16-5-13-20(30-2)14-6-16)23(28)27(24(22)29)19-11-7-17(25)8-12-19/h3-14,26H,1-2H3. The summed E-state index contributed by atoms with van der Waals surface area (Å²) in [7, 11) is 1.55. The van der Waals surface area contributed by atoms with E-state index in [1.807, 2.05) is 31.2 Å². The van der Waals surface area contributed by atoms with Crippen LogP contribution in [0.25, 0.3) is 5.57 Å². The van der Waals surface area contributed by atoms with Crippen molar-refractivity contribution in [2.45, 2.75) is 6.92 Å². The van der Waals surface area contributed by atoms with Crippen LogP contribution in [0.1, 0.15) is 11.1 Å². The molecule has 1 aliphatic rings. The van der Waals surface area contributed by atoms with Gasteiger partial charge in [-0.1, -0.05) is 29.8 Å². The van der Waals surface area contributed by atoms with Crippen LogP contribution in [0.5, 0.6) is 5.75 Å². The Morgan fingerprint density at radius 1 is 0.833 bits per heavy atom. The van der Waals surface area contributed by atoms with Crippen molar-refractivity contribution < 1.29 is 18.7 Å². The Bertz CT molecular complexity index is 1130. The molecule has 3 aromatic carbocycles. The van der Waals surface area contributed by atoms with Gasteiger partial charge in [0, 0.05) is 5.69 Å². The number of anilines is 2. The first kappa shape index (κ1) is 19.4. The fourth-order valence-corrected chi connectivity index (χ4v) is 3.28. The maximum atomic E-state index is 13.4. The summed E-state index contributed by atoms with van der Waals surface area (Å²) in [6.45, 7) is 1.96. The number of amides is 2. The number of nitrogens with zero attached hydrogens (tertiary/aromatic N) is 1. The summed E-state index contributed by atoms with van der Waals surface area (Å²) in [4.78, 5) is 27.6. The maximum Gasteiger partial charge on any atom is 0.282 e. The molecular formula is C24H19FN2O3. The van der Waals surface area contributed by atoms with Gasteiger partial charge in [0.05, 0.1) is 18.4 Å². The number of aryl methyl sites for hydroxylation is 1. The smallest absolute Gasteiger partial charge is 0.282 e. The first-order valence-corrected chi connectivity index (χ1v) is 9.34. The van der Waals surface area contributed by atoms with Gasteiger partial charge in [-0.2, -0.15) is 0 Å². The predicted octanol–water partition coefficient (Wildman–Crippen LogP) is 4.54. The predicted molar refractivity (Wildman–Crippen MR) is 114 cm³/mol. The fraction of sp³-hybridized carbons (Fsp3) is 0.0833. The van der Waals surface area contributed by atoms with Gasteiger partial charge in [-0.05, 0) is 61.0 Å². The average molecular weight is 402 g/mol. The van der Waals surface area contributed by atoms with Crippen molar-refractivity contribution in [2.24, 2.45) is 0 Å². The number of carbonyl (C=O) groups is 2. The summed E-state index contributed by atoms with van der Waals surface area (Å²) in [5, 5.41) is 3.10. The van der Waals surface area contributed by atoms with Crippen molar-refractivity contribution in [2.75, 3.05) is 17.3 Å². The number of rotatable bonds is 5. The number of hydrogen-bond acceptors (Lipinski definition) is 4. The van der Waals surface area contributed by atoms with Crippen molar-refractivity contribution in [3.8, 4) is 5.75 Å². The van der Waals surface area contributed by atoms with Gasteiger partial charge in [0.2, 0.25) is 0 Å². The highest BCUT2D eigenvalue weighted by Gasteiger charge is 2.40. The summed E-state index contributed by atoms with van der Waals surface area (Å²) in [5.41, 5.74) is 3.05. The first-order valence-electron chi connectivity index (χ1n) is 9.34. The van der Waals surface area contributed by atoms with Crippen LogP contribution < -0.4 is 15.0 Å². The summed E-state index contributed by atoms with van der Waals surface area (Å²) in [6, 6.07) is 19.7. The molecule has 1 heterocycles. The van der Waals surface area contributed by atoms with Crippen molar-refractivity contribution in [3.63, 3.8) is 0 Å². The van der Waals surface area contributed by atoms with E-state index in [4.69, 9.17) is 4.74 Å². The number of imide groups is 1. The zero-order chi connectivity index (χ0) is 21.3. The molecule has 0 aromatic heterocycles. The highest BCUT2D eigenvalue weighted by molar-refractivity contribution is 6.46. The molecule has 0 saturated carbocycles. The van der Waals surface area contributed by atoms with Gasteiger partial charge in [0.15, 0.2) is 0 Å². The highest BCUT2D eigenvalue weighted by Crippen LogP contribution is 2.34. The number of methoxy groups -OCH3 is 1. The van der Waals surface area contributed by atoms with E-state index in [-0.39, 0.29) is 11.3 Å². The first-order chi connectivity index (χ1) is 14.5. The number of hydrogen-bond donors (Lipinski definition) is 1. The van der Waals surface area contributed by atoms with Crippen LogP contribution >= 0.6 is 0 Å². The van der Waals surface area contributed by atoms with Crippen LogP contribution in [0, 0.1) is 12.7 Å². The average Bonchev–Trinajstić information content (AvgIpc) is 3.00. The summed E-state index contributed by atoms with van der Waals surface area (Å²) >= 11 is 0. The van der Waals surface area contributed by atoms with E-state index < -0.39 is 17.6 Å². The van der Waals surface area contributed by atoms with Crippen LogP contribution in [0.4, 0.5) is 15.8 Å². The maximum absolute atomic E-state index is 13.4. The Morgan fingerprint density at radius 3 is 2.07 bits per heavy atom. The van der Waals surface area contributed by atoms with Crippen LogP contribution in [-0.2, 0) is 9.59 Å². The molecule has 0 bridgehead atoms. The Balaban J connectivity index is 1.80. The molecule has 4 rings (SSSR count). The number of nitrogens with one attached hydrogen (secondary N) is 1. The van der Waals surface area contributed by atoms with E-state index in [0.717, 1.165) is 10.5 Å². The molecular weight excluding hydrogens is 383 g/mol. The minimum Gasteiger partial charge on any atom is -0.497 e. The van der Waals surface area contributed by atoms with Gasteiger partial charge in [-0.25, -0.2) is 9.29 Å². The van der Waals surface area contributed by atoms with Crippen LogP contribution in [0.15, 0.2) is 78.5 Å². The molecule has 6 heteroatoms. The molecule has 2 amide bonds. The van der Waals surface area contributed by atoms with Crippen molar-refractivity contribution >= 4 is 28.8 Å². The third-order valence-electron chi connectivity index (χ3n) is 4.87. The molecule has 0 atom stereocenters. The van der Waals surface area contributed by atoms with Crippen molar-refractivity contribution in [1.82, 2.24) is 0 Å². The number of ether oxygens (including phenoxy) is 1. The van der Waals surface area contributed by atoms with E-state index in [0.29, 0.717) is 22.7 Å². The number of carbonyl (C=O) groups excluding carboxylic acids is 2. The van der Waals surface area contributed by atoms with E-state index in [9.17, 15) is 14.0 Å². The molecule has 5 nitrogen and oxygen atoms in total. The lowest BCUT2D eigenvalue weighted by Gasteiger charge is -2.15. The lowest BCUT2D eigenvalue weighted by atomic mass is 10.0. The molecule has 30 heavy (non-hydrogen) atoms. The molecule has 0 unspecified atom stereocenters. The summed E-state index contributed by atoms with van der Waals surface area (Å²) in [6.07, 6.45) is 0. The zero-order valence-electron chi connectivity index (χ0n) is 16.5. The second-order valence-corrected chi connectivity index (χ2v) is 6.89. The third-order valence-corrected chi connectivity index (χ3v) is 4.87. The van der Waals surface area contributed by atoms with Crippen molar-refractivity contribution in [1.29, 1.82) is 0 Å². The summed E-state index contributed by atoms with van der Waals surface area (Å²) in [5.74, 6) is -0.789. The molecule has 1 aliphatic heterocycles. The van der Waals surface area contributed by atoms with Crippen molar-refractivity contribution in [3.05, 3.63) is 95.4 Å². The topological polar surface area (TPSA) is 58.6 Å². The Labute approximate surface area is 173 Å². The summed E-state index contributed by atoms with van der Waals surface area (Å²) < 4.78 is 18.5. The molecule has 0 aliphatic carbocycles. The molecule has 1 N–H and O–H groups in total. The van der Waals surface area contributed by atoms with Gasteiger partial charge in [0.1, 0.15) is 17.3 Å². The van der Waals surface area contributed by atoms with Crippen LogP contribution in [0.3, 0.4) is 0 Å². The Kier molecular flexibility index (Phi) is 5.06. The number of benzene rings is 3. The zero-order valence-corrected chi connectivity index (χ0v) is 16.5. The van der Waals surface area contributed by atoms with Gasteiger partial charge in [-0.3, -0.25) is 9.59 Å². The van der Waals surface area contributed by atoms with E-state index >= 15 is 0 Å². The second-order valence-electron chi connectivity index (χ2n) is 6.89. The molecule has 3 aromatic rings. The second kappa shape index (κ2) is 7.83. The Hall–Kier alpha value is -3.93. The van der Waals surface area contributed by atoms with Gasteiger partial charge in [0.25, 0.3) is 11.8 Å². The highest BCUT2D eigenvalue weighted by atomic mass is 19.1. The quantitative estimate of drug-likeness (QED) is 0.637. The van der Waals surface area contributed by atoms with E-state index in [1.54, 1.807) is 31.4 Å². The SMILES string of the molecule is COc1ccc(C2=C(Nc3ccc(C)cc3)C(=O)N(c3ccc(F)cc3)C2=O)cc1. The normalized spacial score (nSPS) is 13.8. The monoisotopic (exact) mass is 402 g/mol. The largest absolute Gasteiger partial charge is 0.497 e. The minimum absolute atomic E-state index is 0.165. The van der Waals surface area contributed by atoms with Crippen LogP contribution in [0.2, 0.25) is 0 Å². The lowest BCUT2D eigenvalue weighted by molar-refractivity contribution is -0.120.